The molecule has 92 valence electrons. The van der Waals surface area contributed by atoms with E-state index in [0.717, 1.165) is 6.92 Å². The maximum atomic E-state index is 12.3. The third-order valence-electron chi connectivity index (χ3n) is 0.805. The van der Waals surface area contributed by atoms with Gasteiger partial charge in [-0.15, -0.1) is 0 Å². The normalized spacial score (nSPS) is 16.1. The zero-order valence-corrected chi connectivity index (χ0v) is 10.1. The molecule has 0 bridgehead atoms. The quantitative estimate of drug-likeness (QED) is 0.420. The van der Waals surface area contributed by atoms with Crippen LogP contribution in [0, 0.1) is 0 Å². The molecule has 0 saturated heterocycles. The van der Waals surface area contributed by atoms with Crippen LogP contribution in [-0.4, -0.2) is 15.1 Å². The second kappa shape index (κ2) is 5.75. The number of hydrogen-bond donors (Lipinski definition) is 0. The summed E-state index contributed by atoms with van der Waals surface area (Å²) < 4.78 is 53.2. The minimum atomic E-state index is -4.86. The predicted octanol–water partition coefficient (Wildman–Crippen LogP) is 5.31. The summed E-state index contributed by atoms with van der Waals surface area (Å²) in [4.78, 5) is 0. The number of allylic oxidation sites excluding steroid dienone is 1. The van der Waals surface area contributed by atoms with Crippen LogP contribution in [0.2, 0.25) is 0 Å². The van der Waals surface area contributed by atoms with Crippen LogP contribution in [0.1, 0.15) is 6.92 Å². The molecule has 1 atom stereocenters. The molecule has 0 amide bonds. The van der Waals surface area contributed by atoms with Crippen molar-refractivity contribution < 1.29 is 22.0 Å². The molecule has 0 N–H and O–H groups in total. The van der Waals surface area contributed by atoms with Crippen molar-refractivity contribution in [3.05, 3.63) is 12.4 Å². The highest BCUT2D eigenvalue weighted by molar-refractivity contribution is 6.70. The van der Waals surface area contributed by atoms with Gasteiger partial charge >= 0.3 is 6.18 Å². The van der Waals surface area contributed by atoms with E-state index in [1.807, 2.05) is 6.58 Å². The second-order valence-electron chi connectivity index (χ2n) is 2.29. The van der Waals surface area contributed by atoms with E-state index >= 15 is 0 Å². The Labute approximate surface area is 103 Å². The molecule has 0 fully saturated rings. The SMILES string of the molecule is C=C(F)C(F)(F)F.CC(F)(Cl)C(Cl)(Cl)Cl. The molecule has 0 saturated carbocycles. The first-order valence-corrected chi connectivity index (χ1v) is 4.57. The van der Waals surface area contributed by atoms with Crippen molar-refractivity contribution in [1.82, 2.24) is 0 Å². The van der Waals surface area contributed by atoms with E-state index in [4.69, 9.17) is 46.4 Å². The number of halogens is 9. The van der Waals surface area contributed by atoms with Gasteiger partial charge in [0.25, 0.3) is 0 Å². The predicted molar refractivity (Wildman–Crippen MR) is 52.0 cm³/mol. The van der Waals surface area contributed by atoms with Crippen LogP contribution in [0.15, 0.2) is 12.4 Å². The molecule has 0 aliphatic rings. The van der Waals surface area contributed by atoms with E-state index in [9.17, 15) is 22.0 Å². The molecule has 0 nitrogen and oxygen atoms in total. The highest BCUT2D eigenvalue weighted by Gasteiger charge is 2.43. The Hall–Kier alpha value is 0.550. The van der Waals surface area contributed by atoms with Crippen LogP contribution in [0.25, 0.3) is 0 Å². The van der Waals surface area contributed by atoms with Gasteiger partial charge < -0.3 is 0 Å². The van der Waals surface area contributed by atoms with E-state index in [0.29, 0.717) is 0 Å². The smallest absolute Gasteiger partial charge is 0.222 e. The van der Waals surface area contributed by atoms with E-state index < -0.39 is 20.9 Å². The van der Waals surface area contributed by atoms with Crippen LogP contribution >= 0.6 is 46.4 Å². The first kappa shape index (κ1) is 17.9. The number of rotatable bonds is 0. The summed E-state index contributed by atoms with van der Waals surface area (Å²) in [6.07, 6.45) is -4.86. The van der Waals surface area contributed by atoms with E-state index in [-0.39, 0.29) is 0 Å². The maximum Gasteiger partial charge on any atom is 0.442 e. The molecule has 1 unspecified atom stereocenters. The van der Waals surface area contributed by atoms with Gasteiger partial charge in [0.1, 0.15) is 0 Å². The molecule has 0 aliphatic heterocycles. The summed E-state index contributed by atoms with van der Waals surface area (Å²) in [5, 5.41) is -2.29. The summed E-state index contributed by atoms with van der Waals surface area (Å²) >= 11 is 20.0. The van der Waals surface area contributed by atoms with Crippen molar-refractivity contribution in [2.45, 2.75) is 22.0 Å². The van der Waals surface area contributed by atoms with Gasteiger partial charge in [-0.05, 0) is 6.92 Å². The molecule has 0 rings (SSSR count). The summed E-state index contributed by atoms with van der Waals surface area (Å²) in [6.45, 7) is 3.01. The molecular weight excluding hydrogens is 309 g/mol. The van der Waals surface area contributed by atoms with Gasteiger partial charge in [-0.1, -0.05) is 53.0 Å². The Morgan fingerprint density at radius 1 is 1.00 bits per heavy atom. The summed E-state index contributed by atoms with van der Waals surface area (Å²) in [5.41, 5.74) is 0. The third-order valence-corrected chi connectivity index (χ3v) is 2.44. The average molecular weight is 314 g/mol. The first-order valence-electron chi connectivity index (χ1n) is 3.05. The summed E-state index contributed by atoms with van der Waals surface area (Å²) in [5.74, 6) is -2.26. The fourth-order valence-electron chi connectivity index (χ4n) is 0. The minimum Gasteiger partial charge on any atom is -0.222 e. The van der Waals surface area contributed by atoms with Gasteiger partial charge in [-0.25, -0.2) is 8.78 Å². The Bertz CT molecular complexity index is 199. The Morgan fingerprint density at radius 2 is 1.13 bits per heavy atom. The highest BCUT2D eigenvalue weighted by Crippen LogP contribution is 2.43. The fourth-order valence-corrected chi connectivity index (χ4v) is 0. The highest BCUT2D eigenvalue weighted by atomic mass is 35.6. The molecule has 15 heavy (non-hydrogen) atoms. The van der Waals surface area contributed by atoms with E-state index in [1.54, 1.807) is 0 Å². The summed E-state index contributed by atoms with van der Waals surface area (Å²) in [6, 6.07) is 0. The lowest BCUT2D eigenvalue weighted by atomic mass is 10.5. The van der Waals surface area contributed by atoms with Crippen LogP contribution in [0.5, 0.6) is 0 Å². The number of alkyl halides is 8. The Balaban J connectivity index is 0. The third kappa shape index (κ3) is 9.48. The Kier molecular flexibility index (Phi) is 6.88. The van der Waals surface area contributed by atoms with Crippen molar-refractivity contribution >= 4 is 46.4 Å². The Morgan fingerprint density at radius 3 is 1.13 bits per heavy atom. The topological polar surface area (TPSA) is 0 Å². The van der Waals surface area contributed by atoms with Crippen molar-refractivity contribution in [1.29, 1.82) is 0 Å². The first-order chi connectivity index (χ1) is 6.19. The zero-order valence-electron chi connectivity index (χ0n) is 7.11. The monoisotopic (exact) mass is 312 g/mol. The van der Waals surface area contributed by atoms with Gasteiger partial charge in [0.15, 0.2) is 5.83 Å². The minimum absolute atomic E-state index is 0.974. The molecule has 0 radical (unpaired) electrons. The molecule has 0 aromatic heterocycles. The van der Waals surface area contributed by atoms with Gasteiger partial charge in [-0.2, -0.15) is 13.2 Å². The largest absolute Gasteiger partial charge is 0.442 e. The van der Waals surface area contributed by atoms with Crippen molar-refractivity contribution in [2.24, 2.45) is 0 Å². The number of hydrogen-bond acceptors (Lipinski definition) is 0. The molecule has 0 aliphatic carbocycles. The molecule has 0 spiro atoms. The lowest BCUT2D eigenvalue weighted by Crippen LogP contribution is -2.27. The van der Waals surface area contributed by atoms with Gasteiger partial charge in [0, 0.05) is 0 Å². The average Bonchev–Trinajstić information content (AvgIpc) is 1.80. The van der Waals surface area contributed by atoms with E-state index in [1.165, 1.54) is 0 Å². The van der Waals surface area contributed by atoms with Crippen LogP contribution in [0.4, 0.5) is 22.0 Å². The fraction of sp³-hybridized carbons (Fsp3) is 0.667. The summed E-state index contributed by atoms with van der Waals surface area (Å²) in [7, 11) is 0. The van der Waals surface area contributed by atoms with Crippen LogP contribution in [-0.2, 0) is 0 Å². The molecular formula is C6H5Cl4F5. The van der Waals surface area contributed by atoms with Gasteiger partial charge in [0.2, 0.25) is 8.92 Å². The van der Waals surface area contributed by atoms with Gasteiger partial charge in [0.05, 0.1) is 0 Å². The van der Waals surface area contributed by atoms with Crippen LogP contribution < -0.4 is 0 Å². The lowest BCUT2D eigenvalue weighted by Gasteiger charge is -2.19. The van der Waals surface area contributed by atoms with Crippen molar-refractivity contribution in [3.8, 4) is 0 Å². The molecule has 0 heterocycles. The van der Waals surface area contributed by atoms with Gasteiger partial charge in [-0.3, -0.25) is 0 Å². The van der Waals surface area contributed by atoms with E-state index in [2.05, 4.69) is 0 Å². The lowest BCUT2D eigenvalue weighted by molar-refractivity contribution is -0.108. The molecule has 0 aromatic carbocycles. The molecule has 9 heteroatoms. The zero-order chi connectivity index (χ0) is 13.1. The van der Waals surface area contributed by atoms with Crippen LogP contribution in [0.3, 0.4) is 0 Å². The maximum absolute atomic E-state index is 12.3. The molecule has 0 aromatic rings. The van der Waals surface area contributed by atoms with Crippen molar-refractivity contribution in [2.75, 3.05) is 0 Å². The standard InChI is InChI=1S/C3H3Cl4F.C3H2F4/c1-2(4,8)3(5,6)7;1-2(4)3(5,6)7/h1H3;1H2. The van der Waals surface area contributed by atoms with Crippen molar-refractivity contribution in [3.63, 3.8) is 0 Å². The second-order valence-corrected chi connectivity index (χ2v) is 5.28.